The van der Waals surface area contributed by atoms with Crippen molar-refractivity contribution in [2.45, 2.75) is 6.42 Å². The molecule has 0 aliphatic carbocycles. The molecule has 4 N–H and O–H groups in total. The van der Waals surface area contributed by atoms with Crippen LogP contribution in [0.2, 0.25) is 0 Å². The molecule has 0 fully saturated rings. The summed E-state index contributed by atoms with van der Waals surface area (Å²) < 4.78 is 0.526. The third-order valence-electron chi connectivity index (χ3n) is 1.88. The van der Waals surface area contributed by atoms with Gasteiger partial charge in [0, 0.05) is 17.4 Å². The SMILES string of the molecule is NCCC(=O)Nc1c(Br)cccc1C(=O)O. The summed E-state index contributed by atoms with van der Waals surface area (Å²) in [5.74, 6) is -1.40. The van der Waals surface area contributed by atoms with E-state index in [0.29, 0.717) is 4.47 Å². The first kappa shape index (κ1) is 12.7. The van der Waals surface area contributed by atoms with Gasteiger partial charge in [0.2, 0.25) is 5.91 Å². The van der Waals surface area contributed by atoms with Crippen molar-refractivity contribution < 1.29 is 14.7 Å². The molecular weight excluding hydrogens is 276 g/mol. The van der Waals surface area contributed by atoms with Crippen LogP contribution in [0.15, 0.2) is 22.7 Å². The van der Waals surface area contributed by atoms with Crippen LogP contribution in [0.4, 0.5) is 5.69 Å². The van der Waals surface area contributed by atoms with Crippen LogP contribution in [0.5, 0.6) is 0 Å². The van der Waals surface area contributed by atoms with Gasteiger partial charge in [-0.25, -0.2) is 4.79 Å². The monoisotopic (exact) mass is 286 g/mol. The number of carboxylic acid groups (broad SMARTS) is 1. The zero-order valence-electron chi connectivity index (χ0n) is 8.37. The number of amides is 1. The van der Waals surface area contributed by atoms with Crippen LogP contribution in [-0.4, -0.2) is 23.5 Å². The Morgan fingerprint density at radius 3 is 2.69 bits per heavy atom. The Morgan fingerprint density at radius 2 is 2.12 bits per heavy atom. The van der Waals surface area contributed by atoms with Crippen LogP contribution in [0.25, 0.3) is 0 Å². The summed E-state index contributed by atoms with van der Waals surface area (Å²) in [6.45, 7) is 0.221. The van der Waals surface area contributed by atoms with Gasteiger partial charge in [-0.3, -0.25) is 4.79 Å². The maximum atomic E-state index is 11.3. The molecule has 0 bridgehead atoms. The largest absolute Gasteiger partial charge is 0.478 e. The standard InChI is InChI=1S/C10H11BrN2O3/c11-7-3-1-2-6(10(15)16)9(7)13-8(14)4-5-12/h1-3H,4-5,12H2,(H,13,14)(H,15,16). The predicted molar refractivity (Wildman–Crippen MR) is 63.4 cm³/mol. The van der Waals surface area contributed by atoms with E-state index < -0.39 is 5.97 Å². The van der Waals surface area contributed by atoms with E-state index in [2.05, 4.69) is 21.2 Å². The van der Waals surface area contributed by atoms with Crippen LogP contribution < -0.4 is 11.1 Å². The zero-order chi connectivity index (χ0) is 12.1. The Balaban J connectivity index is 3.01. The second kappa shape index (κ2) is 5.62. The Bertz CT molecular complexity index is 421. The van der Waals surface area contributed by atoms with Crippen molar-refractivity contribution in [3.63, 3.8) is 0 Å². The number of anilines is 1. The first-order valence-corrected chi connectivity index (χ1v) is 5.37. The normalized spacial score (nSPS) is 9.88. The smallest absolute Gasteiger partial charge is 0.337 e. The average Bonchev–Trinajstić information content (AvgIpc) is 2.21. The molecule has 0 saturated carbocycles. The fourth-order valence-electron chi connectivity index (χ4n) is 1.16. The van der Waals surface area contributed by atoms with Crippen molar-refractivity contribution in [1.29, 1.82) is 0 Å². The molecule has 1 amide bonds. The molecule has 0 atom stereocenters. The topological polar surface area (TPSA) is 92.4 Å². The van der Waals surface area contributed by atoms with Crippen LogP contribution in [0.3, 0.4) is 0 Å². The number of rotatable bonds is 4. The maximum Gasteiger partial charge on any atom is 0.337 e. The molecule has 0 unspecified atom stereocenters. The van der Waals surface area contributed by atoms with Crippen LogP contribution >= 0.6 is 15.9 Å². The molecule has 86 valence electrons. The number of carbonyl (C=O) groups is 2. The first-order chi connectivity index (χ1) is 7.56. The average molecular weight is 287 g/mol. The molecule has 0 aromatic heterocycles. The van der Waals surface area contributed by atoms with Crippen LogP contribution in [-0.2, 0) is 4.79 Å². The fourth-order valence-corrected chi connectivity index (χ4v) is 1.63. The van der Waals surface area contributed by atoms with Gasteiger partial charge in [-0.2, -0.15) is 0 Å². The molecular formula is C10H11BrN2O3. The third-order valence-corrected chi connectivity index (χ3v) is 2.54. The quantitative estimate of drug-likeness (QED) is 0.781. The summed E-state index contributed by atoms with van der Waals surface area (Å²) in [6.07, 6.45) is 0.153. The van der Waals surface area contributed by atoms with Gasteiger partial charge in [-0.05, 0) is 28.1 Å². The van der Waals surface area contributed by atoms with Gasteiger partial charge in [0.15, 0.2) is 0 Å². The van der Waals surface area contributed by atoms with E-state index >= 15 is 0 Å². The molecule has 1 aromatic carbocycles. The molecule has 0 aliphatic heterocycles. The van der Waals surface area contributed by atoms with E-state index in [1.807, 2.05) is 0 Å². The highest BCUT2D eigenvalue weighted by Crippen LogP contribution is 2.26. The van der Waals surface area contributed by atoms with E-state index in [1.165, 1.54) is 6.07 Å². The number of nitrogens with one attached hydrogen (secondary N) is 1. The van der Waals surface area contributed by atoms with E-state index in [1.54, 1.807) is 12.1 Å². The number of nitrogens with two attached hydrogens (primary N) is 1. The lowest BCUT2D eigenvalue weighted by atomic mass is 10.2. The highest BCUT2D eigenvalue weighted by atomic mass is 79.9. The van der Waals surface area contributed by atoms with E-state index in [4.69, 9.17) is 10.8 Å². The molecule has 0 heterocycles. The van der Waals surface area contributed by atoms with Crippen molar-refractivity contribution in [1.82, 2.24) is 0 Å². The van der Waals surface area contributed by atoms with E-state index in [0.717, 1.165) is 0 Å². The number of carboxylic acids is 1. The van der Waals surface area contributed by atoms with E-state index in [-0.39, 0.29) is 30.1 Å². The van der Waals surface area contributed by atoms with Gasteiger partial charge in [-0.15, -0.1) is 0 Å². The summed E-state index contributed by atoms with van der Waals surface area (Å²) in [5, 5.41) is 11.5. The highest BCUT2D eigenvalue weighted by molar-refractivity contribution is 9.10. The minimum Gasteiger partial charge on any atom is -0.478 e. The summed E-state index contributed by atoms with van der Waals surface area (Å²) in [5.41, 5.74) is 5.53. The van der Waals surface area contributed by atoms with Gasteiger partial charge in [0.25, 0.3) is 0 Å². The minimum atomic E-state index is -1.09. The summed E-state index contributed by atoms with van der Waals surface area (Å²) >= 11 is 3.19. The Hall–Kier alpha value is -1.40. The number of aromatic carboxylic acids is 1. The third kappa shape index (κ3) is 3.04. The second-order valence-electron chi connectivity index (χ2n) is 3.05. The number of carbonyl (C=O) groups excluding carboxylic acids is 1. The lowest BCUT2D eigenvalue weighted by Gasteiger charge is -2.09. The van der Waals surface area contributed by atoms with Gasteiger partial charge in [0.05, 0.1) is 11.3 Å². The highest BCUT2D eigenvalue weighted by Gasteiger charge is 2.14. The van der Waals surface area contributed by atoms with Crippen molar-refractivity contribution in [2.75, 3.05) is 11.9 Å². The molecule has 5 nitrogen and oxygen atoms in total. The Kier molecular flexibility index (Phi) is 4.45. The number of halogens is 1. The van der Waals surface area contributed by atoms with Crippen molar-refractivity contribution in [2.24, 2.45) is 5.73 Å². The zero-order valence-corrected chi connectivity index (χ0v) is 9.95. The van der Waals surface area contributed by atoms with Crippen molar-refractivity contribution in [3.05, 3.63) is 28.2 Å². The molecule has 1 rings (SSSR count). The lowest BCUT2D eigenvalue weighted by molar-refractivity contribution is -0.116. The van der Waals surface area contributed by atoms with Gasteiger partial charge < -0.3 is 16.2 Å². The van der Waals surface area contributed by atoms with Gasteiger partial charge in [-0.1, -0.05) is 6.07 Å². The molecule has 0 radical (unpaired) electrons. The van der Waals surface area contributed by atoms with Gasteiger partial charge in [0.1, 0.15) is 0 Å². The number of benzene rings is 1. The molecule has 16 heavy (non-hydrogen) atoms. The maximum absolute atomic E-state index is 11.3. The molecule has 0 spiro atoms. The number of hydrogen-bond acceptors (Lipinski definition) is 3. The van der Waals surface area contributed by atoms with E-state index in [9.17, 15) is 9.59 Å². The first-order valence-electron chi connectivity index (χ1n) is 4.58. The minimum absolute atomic E-state index is 0.0414. The summed E-state index contributed by atoms with van der Waals surface area (Å²) in [4.78, 5) is 22.3. The molecule has 6 heteroatoms. The summed E-state index contributed by atoms with van der Waals surface area (Å²) in [6, 6.07) is 4.67. The van der Waals surface area contributed by atoms with Gasteiger partial charge >= 0.3 is 5.97 Å². The van der Waals surface area contributed by atoms with Crippen LogP contribution in [0.1, 0.15) is 16.8 Å². The molecule has 0 saturated heterocycles. The summed E-state index contributed by atoms with van der Waals surface area (Å²) in [7, 11) is 0. The fraction of sp³-hybridized carbons (Fsp3) is 0.200. The molecule has 1 aromatic rings. The van der Waals surface area contributed by atoms with Crippen molar-refractivity contribution >= 4 is 33.5 Å². The number of hydrogen-bond donors (Lipinski definition) is 3. The second-order valence-corrected chi connectivity index (χ2v) is 3.91. The lowest BCUT2D eigenvalue weighted by Crippen LogP contribution is -2.18. The Labute approximate surface area is 101 Å². The number of para-hydroxylation sites is 1. The Morgan fingerprint density at radius 1 is 1.44 bits per heavy atom. The predicted octanol–water partition coefficient (Wildman–Crippen LogP) is 1.43. The van der Waals surface area contributed by atoms with Crippen molar-refractivity contribution in [3.8, 4) is 0 Å². The molecule has 0 aliphatic rings. The van der Waals surface area contributed by atoms with Crippen LogP contribution in [0, 0.1) is 0 Å².